The lowest BCUT2D eigenvalue weighted by molar-refractivity contribution is 0.193. The van der Waals surface area contributed by atoms with Crippen molar-refractivity contribution in [2.75, 3.05) is 0 Å². The molecule has 2 rings (SSSR count). The number of benzene rings is 1. The molecule has 1 heteroatoms. The van der Waals surface area contributed by atoms with Crippen molar-refractivity contribution >= 4 is 0 Å². The molecule has 2 atom stereocenters. The Hall–Kier alpha value is -1.08. The van der Waals surface area contributed by atoms with Gasteiger partial charge in [0.25, 0.3) is 0 Å². The van der Waals surface area contributed by atoms with Crippen LogP contribution in [0.2, 0.25) is 0 Å². The summed E-state index contributed by atoms with van der Waals surface area (Å²) in [5, 5.41) is 9.33. The summed E-state index contributed by atoms with van der Waals surface area (Å²) in [7, 11) is 0. The van der Waals surface area contributed by atoms with Gasteiger partial charge in [-0.3, -0.25) is 0 Å². The van der Waals surface area contributed by atoms with Crippen molar-refractivity contribution in [3.8, 4) is 0 Å². The number of aryl methyl sites for hydroxylation is 1. The Morgan fingerprint density at radius 3 is 2.53 bits per heavy atom. The Labute approximate surface area is 91.4 Å². The smallest absolute Gasteiger partial charge is 0.0721 e. The van der Waals surface area contributed by atoms with Crippen LogP contribution in [-0.4, -0.2) is 11.2 Å². The van der Waals surface area contributed by atoms with Crippen LogP contribution in [0.5, 0.6) is 0 Å². The predicted molar refractivity (Wildman–Crippen MR) is 62.6 cm³/mol. The Balaban J connectivity index is 1.82. The first-order valence-electron chi connectivity index (χ1n) is 5.75. The monoisotopic (exact) mass is 202 g/mol. The third kappa shape index (κ3) is 3.21. The minimum absolute atomic E-state index is 0.196. The average Bonchev–Trinajstić information content (AvgIpc) is 2.30. The van der Waals surface area contributed by atoms with Crippen LogP contribution in [0.25, 0.3) is 0 Å². The molecule has 0 saturated heterocycles. The van der Waals surface area contributed by atoms with Crippen LogP contribution < -0.4 is 0 Å². The quantitative estimate of drug-likeness (QED) is 0.747. The molecule has 1 nitrogen and oxygen atoms in total. The first-order valence-corrected chi connectivity index (χ1v) is 5.75. The summed E-state index contributed by atoms with van der Waals surface area (Å²) in [4.78, 5) is 0. The summed E-state index contributed by atoms with van der Waals surface area (Å²) in [5.41, 5.74) is 1.41. The van der Waals surface area contributed by atoms with Crippen molar-refractivity contribution in [1.29, 1.82) is 0 Å². The number of hydrogen-bond donors (Lipinski definition) is 1. The number of hydrogen-bond acceptors (Lipinski definition) is 1. The van der Waals surface area contributed by atoms with E-state index in [0.29, 0.717) is 5.92 Å². The lowest BCUT2D eigenvalue weighted by Crippen LogP contribution is -2.12. The molecule has 15 heavy (non-hydrogen) atoms. The maximum atomic E-state index is 9.33. The number of aliphatic hydroxyl groups is 1. The fourth-order valence-electron chi connectivity index (χ4n) is 2.10. The SMILES string of the molecule is O[C@@H]1C=C[C@@H](CCc2ccccc2)CC1. The third-order valence-electron chi connectivity index (χ3n) is 3.09. The van der Waals surface area contributed by atoms with Gasteiger partial charge in [0, 0.05) is 0 Å². The second-order valence-corrected chi connectivity index (χ2v) is 4.31. The predicted octanol–water partition coefficient (Wildman–Crippen LogP) is 2.95. The van der Waals surface area contributed by atoms with Gasteiger partial charge in [-0.25, -0.2) is 0 Å². The lowest BCUT2D eigenvalue weighted by Gasteiger charge is -2.19. The normalized spacial score (nSPS) is 25.4. The molecule has 0 saturated carbocycles. The fourth-order valence-corrected chi connectivity index (χ4v) is 2.10. The van der Waals surface area contributed by atoms with Crippen molar-refractivity contribution in [3.05, 3.63) is 48.0 Å². The first-order chi connectivity index (χ1) is 7.34. The molecule has 0 spiro atoms. The number of allylic oxidation sites excluding steroid dienone is 1. The molecule has 0 fully saturated rings. The van der Waals surface area contributed by atoms with E-state index in [0.717, 1.165) is 19.3 Å². The van der Waals surface area contributed by atoms with Crippen LogP contribution >= 0.6 is 0 Å². The standard InChI is InChI=1S/C14H18O/c15-14-10-8-13(9-11-14)7-6-12-4-2-1-3-5-12/h1-5,8,10,13-15H,6-7,9,11H2/t13-,14-/m1/s1. The Bertz CT molecular complexity index is 315. The van der Waals surface area contributed by atoms with Crippen LogP contribution in [0, 0.1) is 5.92 Å². The van der Waals surface area contributed by atoms with E-state index in [2.05, 4.69) is 36.4 Å². The van der Waals surface area contributed by atoms with Crippen molar-refractivity contribution in [1.82, 2.24) is 0 Å². The molecule has 0 unspecified atom stereocenters. The fraction of sp³-hybridized carbons (Fsp3) is 0.429. The first kappa shape index (κ1) is 10.4. The minimum Gasteiger partial charge on any atom is -0.389 e. The molecule has 0 bridgehead atoms. The van der Waals surface area contributed by atoms with Gasteiger partial charge in [-0.1, -0.05) is 42.5 Å². The zero-order valence-electron chi connectivity index (χ0n) is 8.97. The molecule has 0 radical (unpaired) electrons. The second-order valence-electron chi connectivity index (χ2n) is 4.31. The van der Waals surface area contributed by atoms with Crippen LogP contribution in [-0.2, 0) is 6.42 Å². The molecule has 0 aromatic heterocycles. The van der Waals surface area contributed by atoms with Crippen molar-refractivity contribution in [2.45, 2.75) is 31.8 Å². The number of aliphatic hydroxyl groups excluding tert-OH is 1. The van der Waals surface area contributed by atoms with Gasteiger partial charge in [-0.15, -0.1) is 0 Å². The van der Waals surface area contributed by atoms with E-state index in [1.807, 2.05) is 6.08 Å². The summed E-state index contributed by atoms with van der Waals surface area (Å²) in [5.74, 6) is 0.661. The molecule has 80 valence electrons. The number of rotatable bonds is 3. The van der Waals surface area contributed by atoms with E-state index in [9.17, 15) is 5.11 Å². The molecular formula is C14H18O. The van der Waals surface area contributed by atoms with Gasteiger partial charge in [0.15, 0.2) is 0 Å². The highest BCUT2D eigenvalue weighted by molar-refractivity contribution is 5.15. The second kappa shape index (κ2) is 5.13. The molecular weight excluding hydrogens is 184 g/mol. The molecule has 1 N–H and O–H groups in total. The van der Waals surface area contributed by atoms with Crippen LogP contribution in [0.4, 0.5) is 0 Å². The molecule has 0 aliphatic heterocycles. The van der Waals surface area contributed by atoms with Crippen molar-refractivity contribution in [3.63, 3.8) is 0 Å². The van der Waals surface area contributed by atoms with Gasteiger partial charge in [0.1, 0.15) is 0 Å². The molecule has 0 amide bonds. The van der Waals surface area contributed by atoms with Gasteiger partial charge in [-0.2, -0.15) is 0 Å². The van der Waals surface area contributed by atoms with Gasteiger partial charge >= 0.3 is 0 Å². The van der Waals surface area contributed by atoms with Crippen molar-refractivity contribution < 1.29 is 5.11 Å². The molecule has 1 aliphatic carbocycles. The van der Waals surface area contributed by atoms with E-state index in [4.69, 9.17) is 0 Å². The summed E-state index contributed by atoms with van der Waals surface area (Å²) in [6.45, 7) is 0. The topological polar surface area (TPSA) is 20.2 Å². The highest BCUT2D eigenvalue weighted by atomic mass is 16.3. The van der Waals surface area contributed by atoms with Gasteiger partial charge in [0.05, 0.1) is 6.10 Å². The molecule has 0 heterocycles. The van der Waals surface area contributed by atoms with Crippen LogP contribution in [0.3, 0.4) is 0 Å². The van der Waals surface area contributed by atoms with Crippen molar-refractivity contribution in [2.24, 2.45) is 5.92 Å². The highest BCUT2D eigenvalue weighted by Crippen LogP contribution is 2.22. The molecule has 1 aliphatic rings. The van der Waals surface area contributed by atoms with E-state index in [1.165, 1.54) is 12.0 Å². The Kier molecular flexibility index (Phi) is 3.57. The summed E-state index contributed by atoms with van der Waals surface area (Å²) < 4.78 is 0. The van der Waals surface area contributed by atoms with Gasteiger partial charge in [0.2, 0.25) is 0 Å². The largest absolute Gasteiger partial charge is 0.389 e. The van der Waals surface area contributed by atoms with E-state index in [-0.39, 0.29) is 6.10 Å². The average molecular weight is 202 g/mol. The summed E-state index contributed by atoms with van der Waals surface area (Å²) in [6.07, 6.45) is 8.33. The van der Waals surface area contributed by atoms with E-state index >= 15 is 0 Å². The van der Waals surface area contributed by atoms with E-state index in [1.54, 1.807) is 0 Å². The summed E-state index contributed by atoms with van der Waals surface area (Å²) >= 11 is 0. The zero-order chi connectivity index (χ0) is 10.5. The molecule has 1 aromatic rings. The minimum atomic E-state index is -0.196. The van der Waals surface area contributed by atoms with Crippen LogP contribution in [0.1, 0.15) is 24.8 Å². The maximum absolute atomic E-state index is 9.33. The summed E-state index contributed by atoms with van der Waals surface area (Å²) in [6, 6.07) is 10.6. The Morgan fingerprint density at radius 1 is 1.07 bits per heavy atom. The lowest BCUT2D eigenvalue weighted by atomic mass is 9.89. The third-order valence-corrected chi connectivity index (χ3v) is 3.09. The van der Waals surface area contributed by atoms with Crippen LogP contribution in [0.15, 0.2) is 42.5 Å². The molecule has 1 aromatic carbocycles. The highest BCUT2D eigenvalue weighted by Gasteiger charge is 2.13. The van der Waals surface area contributed by atoms with Gasteiger partial charge < -0.3 is 5.11 Å². The Morgan fingerprint density at radius 2 is 1.87 bits per heavy atom. The van der Waals surface area contributed by atoms with Gasteiger partial charge in [-0.05, 0) is 37.2 Å². The van der Waals surface area contributed by atoms with E-state index < -0.39 is 0 Å². The maximum Gasteiger partial charge on any atom is 0.0721 e. The zero-order valence-corrected chi connectivity index (χ0v) is 8.97.